The molecule has 0 aromatic heterocycles. The zero-order chi connectivity index (χ0) is 13.2. The highest BCUT2D eigenvalue weighted by molar-refractivity contribution is 6.30. The number of likely N-dealkylation sites (tertiary alicyclic amines) is 1. The molecule has 3 nitrogen and oxygen atoms in total. The highest BCUT2D eigenvalue weighted by atomic mass is 35.5. The van der Waals surface area contributed by atoms with Crippen molar-refractivity contribution in [3.8, 4) is 0 Å². The summed E-state index contributed by atoms with van der Waals surface area (Å²) in [6, 6.07) is 7.52. The normalized spacial score (nSPS) is 26.9. The van der Waals surface area contributed by atoms with Gasteiger partial charge in [-0.15, -0.1) is 12.4 Å². The van der Waals surface area contributed by atoms with Crippen molar-refractivity contribution in [1.82, 2.24) is 4.90 Å². The van der Waals surface area contributed by atoms with Gasteiger partial charge in [-0.1, -0.05) is 30.2 Å². The van der Waals surface area contributed by atoms with Crippen LogP contribution in [0.3, 0.4) is 0 Å². The van der Waals surface area contributed by atoms with E-state index in [9.17, 15) is 4.79 Å². The number of halogens is 2. The molecule has 2 heterocycles. The van der Waals surface area contributed by atoms with Crippen molar-refractivity contribution < 1.29 is 9.53 Å². The number of hydrogen-bond acceptors (Lipinski definition) is 3. The first kappa shape index (κ1) is 15.6. The minimum Gasteiger partial charge on any atom is -0.456 e. The minimum absolute atomic E-state index is 0. The predicted octanol–water partition coefficient (Wildman–Crippen LogP) is 3.60. The summed E-state index contributed by atoms with van der Waals surface area (Å²) >= 11 is 5.88. The third kappa shape index (κ3) is 3.27. The Labute approximate surface area is 130 Å². The molecule has 3 rings (SSSR count). The third-order valence-corrected chi connectivity index (χ3v) is 4.29. The molecule has 1 aromatic rings. The van der Waals surface area contributed by atoms with Crippen molar-refractivity contribution in [2.75, 3.05) is 13.1 Å². The van der Waals surface area contributed by atoms with Crippen LogP contribution < -0.4 is 0 Å². The van der Waals surface area contributed by atoms with E-state index in [0.29, 0.717) is 5.02 Å². The van der Waals surface area contributed by atoms with Gasteiger partial charge in [-0.25, -0.2) is 0 Å². The Morgan fingerprint density at radius 2 is 1.75 bits per heavy atom. The van der Waals surface area contributed by atoms with Gasteiger partial charge in [0, 0.05) is 11.4 Å². The number of carbonyl (C=O) groups excluding carboxylic acids is 1. The summed E-state index contributed by atoms with van der Waals surface area (Å²) in [6.45, 7) is 2.04. The third-order valence-electron chi connectivity index (χ3n) is 4.04. The van der Waals surface area contributed by atoms with Gasteiger partial charge in [0.15, 0.2) is 0 Å². The molecular weight excluding hydrogens is 297 g/mol. The summed E-state index contributed by atoms with van der Waals surface area (Å²) in [5.41, 5.74) is 1.04. The molecule has 5 heteroatoms. The average molecular weight is 316 g/mol. The van der Waals surface area contributed by atoms with Gasteiger partial charge in [0.1, 0.15) is 12.1 Å². The first-order chi connectivity index (χ1) is 9.24. The fraction of sp³-hybridized carbons (Fsp3) is 0.533. The molecule has 0 aliphatic carbocycles. The molecule has 20 heavy (non-hydrogen) atoms. The molecule has 2 saturated heterocycles. The van der Waals surface area contributed by atoms with E-state index < -0.39 is 0 Å². The molecule has 1 aromatic carbocycles. The maximum Gasteiger partial charge on any atom is 0.324 e. The first-order valence-electron chi connectivity index (χ1n) is 6.94. The van der Waals surface area contributed by atoms with Crippen LogP contribution in [0, 0.1) is 0 Å². The van der Waals surface area contributed by atoms with E-state index in [1.165, 1.54) is 19.3 Å². The predicted molar refractivity (Wildman–Crippen MR) is 81.4 cm³/mol. The summed E-state index contributed by atoms with van der Waals surface area (Å²) in [5, 5.41) is 0.709. The monoisotopic (exact) mass is 315 g/mol. The quantitative estimate of drug-likeness (QED) is 0.781. The van der Waals surface area contributed by atoms with Crippen LogP contribution in [-0.4, -0.2) is 30.0 Å². The number of hydrogen-bond donors (Lipinski definition) is 0. The lowest BCUT2D eigenvalue weighted by molar-refractivity contribution is -0.145. The molecule has 2 aliphatic rings. The maximum absolute atomic E-state index is 12.0. The maximum atomic E-state index is 12.0. The molecule has 0 radical (unpaired) electrons. The zero-order valence-corrected chi connectivity index (χ0v) is 12.8. The van der Waals surface area contributed by atoms with E-state index >= 15 is 0 Å². The number of cyclic esters (lactones) is 1. The van der Waals surface area contributed by atoms with Crippen LogP contribution in [-0.2, 0) is 9.53 Å². The van der Waals surface area contributed by atoms with E-state index in [2.05, 4.69) is 4.90 Å². The number of benzene rings is 1. The van der Waals surface area contributed by atoms with Gasteiger partial charge < -0.3 is 4.74 Å². The number of ether oxygens (including phenoxy) is 1. The van der Waals surface area contributed by atoms with Crippen LogP contribution in [0.5, 0.6) is 0 Å². The fourth-order valence-electron chi connectivity index (χ4n) is 2.98. The van der Waals surface area contributed by atoms with Gasteiger partial charge in [-0.3, -0.25) is 9.69 Å². The number of piperidine rings is 1. The molecule has 2 aliphatic heterocycles. The molecule has 2 atom stereocenters. The summed E-state index contributed by atoms with van der Waals surface area (Å²) in [6.07, 6.45) is 4.31. The van der Waals surface area contributed by atoms with Crippen LogP contribution in [0.15, 0.2) is 24.3 Å². The Balaban J connectivity index is 0.00000147. The Bertz CT molecular complexity index is 457. The SMILES string of the molecule is Cl.O=C1OC(c2ccc(Cl)cc2)CC1N1CCCCC1. The molecule has 0 amide bonds. The molecule has 110 valence electrons. The smallest absolute Gasteiger partial charge is 0.324 e. The molecular formula is C15H19Cl2NO2. The highest BCUT2D eigenvalue weighted by Gasteiger charge is 2.39. The lowest BCUT2D eigenvalue weighted by Crippen LogP contribution is -2.41. The Morgan fingerprint density at radius 1 is 1.10 bits per heavy atom. The highest BCUT2D eigenvalue weighted by Crippen LogP contribution is 2.33. The summed E-state index contributed by atoms with van der Waals surface area (Å²) in [7, 11) is 0. The summed E-state index contributed by atoms with van der Waals surface area (Å²) in [4.78, 5) is 14.3. The molecule has 0 saturated carbocycles. The summed E-state index contributed by atoms with van der Waals surface area (Å²) < 4.78 is 5.53. The van der Waals surface area contributed by atoms with Crippen molar-refractivity contribution in [2.45, 2.75) is 37.8 Å². The second-order valence-electron chi connectivity index (χ2n) is 5.33. The Hall–Kier alpha value is -0.770. The molecule has 0 bridgehead atoms. The van der Waals surface area contributed by atoms with E-state index in [1.807, 2.05) is 24.3 Å². The molecule has 0 N–H and O–H groups in total. The molecule has 0 spiro atoms. The molecule has 2 unspecified atom stereocenters. The van der Waals surface area contributed by atoms with Gasteiger partial charge in [-0.05, 0) is 43.6 Å². The lowest BCUT2D eigenvalue weighted by atomic mass is 10.0. The van der Waals surface area contributed by atoms with Crippen molar-refractivity contribution in [2.24, 2.45) is 0 Å². The number of rotatable bonds is 2. The van der Waals surface area contributed by atoms with Gasteiger partial charge in [0.05, 0.1) is 0 Å². The Morgan fingerprint density at radius 3 is 2.40 bits per heavy atom. The summed E-state index contributed by atoms with van der Waals surface area (Å²) in [5.74, 6) is -0.0677. The topological polar surface area (TPSA) is 29.5 Å². The van der Waals surface area contributed by atoms with Gasteiger partial charge in [-0.2, -0.15) is 0 Å². The zero-order valence-electron chi connectivity index (χ0n) is 11.3. The van der Waals surface area contributed by atoms with Crippen molar-refractivity contribution >= 4 is 30.0 Å². The van der Waals surface area contributed by atoms with Crippen molar-refractivity contribution in [3.63, 3.8) is 0 Å². The van der Waals surface area contributed by atoms with Crippen LogP contribution in [0.25, 0.3) is 0 Å². The standard InChI is InChI=1S/C15H18ClNO2.ClH/c16-12-6-4-11(5-7-12)14-10-13(15(18)19-14)17-8-2-1-3-9-17;/h4-7,13-14H,1-3,8-10H2;1H. The Kier molecular flexibility index (Phi) is 5.30. The van der Waals surface area contributed by atoms with Crippen LogP contribution in [0.2, 0.25) is 5.02 Å². The van der Waals surface area contributed by atoms with Crippen LogP contribution in [0.1, 0.15) is 37.4 Å². The minimum atomic E-state index is -0.114. The number of esters is 1. The van der Waals surface area contributed by atoms with Gasteiger partial charge >= 0.3 is 5.97 Å². The van der Waals surface area contributed by atoms with E-state index in [4.69, 9.17) is 16.3 Å². The van der Waals surface area contributed by atoms with E-state index in [1.54, 1.807) is 0 Å². The van der Waals surface area contributed by atoms with Gasteiger partial charge in [0.25, 0.3) is 0 Å². The lowest BCUT2D eigenvalue weighted by Gasteiger charge is -2.29. The van der Waals surface area contributed by atoms with Gasteiger partial charge in [0.2, 0.25) is 0 Å². The van der Waals surface area contributed by atoms with E-state index in [-0.39, 0.29) is 30.5 Å². The van der Waals surface area contributed by atoms with Crippen molar-refractivity contribution in [1.29, 1.82) is 0 Å². The number of nitrogens with zero attached hydrogens (tertiary/aromatic N) is 1. The average Bonchev–Trinajstić information content (AvgIpc) is 2.83. The second-order valence-corrected chi connectivity index (χ2v) is 5.76. The second kappa shape index (κ2) is 6.79. The van der Waals surface area contributed by atoms with Crippen LogP contribution >= 0.6 is 24.0 Å². The van der Waals surface area contributed by atoms with E-state index in [0.717, 1.165) is 25.1 Å². The fourth-order valence-corrected chi connectivity index (χ4v) is 3.10. The molecule has 2 fully saturated rings. The van der Waals surface area contributed by atoms with Crippen molar-refractivity contribution in [3.05, 3.63) is 34.9 Å². The van der Waals surface area contributed by atoms with Crippen LogP contribution in [0.4, 0.5) is 0 Å². The first-order valence-corrected chi connectivity index (χ1v) is 7.32. The number of carbonyl (C=O) groups is 1. The largest absolute Gasteiger partial charge is 0.456 e.